The summed E-state index contributed by atoms with van der Waals surface area (Å²) < 4.78 is 0. The lowest BCUT2D eigenvalue weighted by Gasteiger charge is -2.17. The van der Waals surface area contributed by atoms with Crippen molar-refractivity contribution in [1.82, 2.24) is 10.6 Å². The first-order valence-corrected chi connectivity index (χ1v) is 7.21. The molecule has 1 aromatic rings. The minimum absolute atomic E-state index is 0. The number of hydrogen-bond acceptors (Lipinski definition) is 2. The van der Waals surface area contributed by atoms with Crippen molar-refractivity contribution in [1.29, 1.82) is 0 Å². The van der Waals surface area contributed by atoms with E-state index in [1.807, 2.05) is 24.3 Å². The second-order valence-electron chi connectivity index (χ2n) is 4.91. The largest absolute Gasteiger partial charge is 0.392 e. The third-order valence-electron chi connectivity index (χ3n) is 3.39. The highest BCUT2D eigenvalue weighted by atomic mass is 127. The van der Waals surface area contributed by atoms with Crippen LogP contribution in [0.15, 0.2) is 41.4 Å². The fourth-order valence-corrected chi connectivity index (χ4v) is 2.28. The number of aliphatic hydroxyl groups excluding tert-OH is 1. The van der Waals surface area contributed by atoms with Gasteiger partial charge in [-0.25, -0.2) is 4.99 Å². The minimum Gasteiger partial charge on any atom is -0.392 e. The molecule has 4 nitrogen and oxygen atoms in total. The van der Waals surface area contributed by atoms with Gasteiger partial charge in [0, 0.05) is 12.6 Å². The van der Waals surface area contributed by atoms with Crippen LogP contribution in [0.2, 0.25) is 0 Å². The third kappa shape index (κ3) is 5.67. The van der Waals surface area contributed by atoms with Crippen LogP contribution in [0.1, 0.15) is 30.9 Å². The quantitative estimate of drug-likeness (QED) is 0.308. The number of aliphatic hydroxyl groups is 1. The van der Waals surface area contributed by atoms with Crippen LogP contribution < -0.4 is 10.6 Å². The Balaban J connectivity index is 0.00000220. The Bertz CT molecular complexity index is 480. The van der Waals surface area contributed by atoms with Gasteiger partial charge >= 0.3 is 0 Å². The fraction of sp³-hybridized carbons (Fsp3) is 0.438. The van der Waals surface area contributed by atoms with Gasteiger partial charge in [-0.05, 0) is 30.9 Å². The summed E-state index contributed by atoms with van der Waals surface area (Å²) in [5, 5.41) is 16.0. The Kier molecular flexibility index (Phi) is 8.37. The molecular weight excluding hydrogens is 377 g/mol. The summed E-state index contributed by atoms with van der Waals surface area (Å²) in [6, 6.07) is 8.31. The summed E-state index contributed by atoms with van der Waals surface area (Å²) in [7, 11) is 0. The van der Waals surface area contributed by atoms with Gasteiger partial charge in [0.05, 0.1) is 13.2 Å². The van der Waals surface area contributed by atoms with Crippen LogP contribution >= 0.6 is 24.0 Å². The van der Waals surface area contributed by atoms with Crippen LogP contribution in [0, 0.1) is 0 Å². The number of rotatable bonds is 5. The van der Waals surface area contributed by atoms with Crippen molar-refractivity contribution in [3.63, 3.8) is 0 Å². The Labute approximate surface area is 143 Å². The molecule has 116 valence electrons. The van der Waals surface area contributed by atoms with Crippen molar-refractivity contribution >= 4 is 29.9 Å². The predicted molar refractivity (Wildman–Crippen MR) is 97.9 cm³/mol. The van der Waals surface area contributed by atoms with E-state index >= 15 is 0 Å². The highest BCUT2D eigenvalue weighted by Gasteiger charge is 2.11. The number of halogens is 1. The van der Waals surface area contributed by atoms with Gasteiger partial charge in [0.15, 0.2) is 5.96 Å². The van der Waals surface area contributed by atoms with Crippen LogP contribution in [0.5, 0.6) is 0 Å². The van der Waals surface area contributed by atoms with E-state index in [-0.39, 0.29) is 30.6 Å². The smallest absolute Gasteiger partial charge is 0.191 e. The standard InChI is InChI=1S/C16H23N3O.HI/c1-2-17-16(19-15-9-5-6-10-15)18-11-13-7-3-4-8-14(13)12-20;/h3-8,15,20H,2,9-12H2,1H3,(H2,17,18,19);1H. The molecule has 0 bridgehead atoms. The van der Waals surface area contributed by atoms with Crippen molar-refractivity contribution in [2.45, 2.75) is 39.0 Å². The Morgan fingerprint density at radius 2 is 1.90 bits per heavy atom. The van der Waals surface area contributed by atoms with E-state index in [0.29, 0.717) is 12.6 Å². The summed E-state index contributed by atoms with van der Waals surface area (Å²) in [6.07, 6.45) is 6.50. The van der Waals surface area contributed by atoms with Crippen LogP contribution in [0.3, 0.4) is 0 Å². The van der Waals surface area contributed by atoms with Gasteiger partial charge < -0.3 is 15.7 Å². The molecule has 0 saturated carbocycles. The molecule has 5 heteroatoms. The molecule has 1 aliphatic rings. The highest BCUT2D eigenvalue weighted by Crippen LogP contribution is 2.11. The maximum atomic E-state index is 9.33. The van der Waals surface area contributed by atoms with Crippen molar-refractivity contribution in [3.8, 4) is 0 Å². The topological polar surface area (TPSA) is 56.7 Å². The first-order chi connectivity index (χ1) is 9.83. The van der Waals surface area contributed by atoms with Crippen molar-refractivity contribution < 1.29 is 5.11 Å². The predicted octanol–water partition coefficient (Wildman–Crippen LogP) is 2.57. The maximum absolute atomic E-state index is 9.33. The molecule has 21 heavy (non-hydrogen) atoms. The van der Waals surface area contributed by atoms with Gasteiger partial charge in [-0.15, -0.1) is 24.0 Å². The molecule has 0 amide bonds. The second kappa shape index (κ2) is 9.78. The molecule has 2 rings (SSSR count). The molecule has 0 spiro atoms. The lowest BCUT2D eigenvalue weighted by molar-refractivity contribution is 0.280. The Morgan fingerprint density at radius 1 is 1.24 bits per heavy atom. The fourth-order valence-electron chi connectivity index (χ4n) is 2.28. The van der Waals surface area contributed by atoms with E-state index in [2.05, 4.69) is 34.7 Å². The van der Waals surface area contributed by atoms with E-state index < -0.39 is 0 Å². The molecule has 0 saturated heterocycles. The third-order valence-corrected chi connectivity index (χ3v) is 3.39. The van der Waals surface area contributed by atoms with Gasteiger partial charge in [-0.3, -0.25) is 0 Å². The van der Waals surface area contributed by atoms with Gasteiger partial charge in [0.2, 0.25) is 0 Å². The van der Waals surface area contributed by atoms with E-state index in [9.17, 15) is 5.11 Å². The average Bonchev–Trinajstić information content (AvgIpc) is 2.98. The lowest BCUT2D eigenvalue weighted by atomic mass is 10.1. The number of guanidine groups is 1. The monoisotopic (exact) mass is 401 g/mol. The summed E-state index contributed by atoms with van der Waals surface area (Å²) in [5.74, 6) is 0.842. The van der Waals surface area contributed by atoms with Crippen LogP contribution in [0.25, 0.3) is 0 Å². The average molecular weight is 401 g/mol. The summed E-state index contributed by atoms with van der Waals surface area (Å²) in [5.41, 5.74) is 2.01. The lowest BCUT2D eigenvalue weighted by Crippen LogP contribution is -2.42. The summed E-state index contributed by atoms with van der Waals surface area (Å²) in [4.78, 5) is 4.61. The molecule has 0 aromatic heterocycles. The SMILES string of the molecule is CCNC(=NCc1ccccc1CO)NC1CC=CC1.I. The number of aliphatic imine (C=N–C) groups is 1. The van der Waals surface area contributed by atoms with E-state index in [1.54, 1.807) is 0 Å². The summed E-state index contributed by atoms with van der Waals surface area (Å²) >= 11 is 0. The Morgan fingerprint density at radius 3 is 2.52 bits per heavy atom. The van der Waals surface area contributed by atoms with Crippen molar-refractivity contribution in [3.05, 3.63) is 47.5 Å². The molecular formula is C16H24IN3O. The van der Waals surface area contributed by atoms with E-state index in [4.69, 9.17) is 0 Å². The number of nitrogens with one attached hydrogen (secondary N) is 2. The molecule has 0 heterocycles. The van der Waals surface area contributed by atoms with E-state index in [1.165, 1.54) is 0 Å². The zero-order chi connectivity index (χ0) is 14.2. The van der Waals surface area contributed by atoms with Gasteiger partial charge in [0.1, 0.15) is 0 Å². The second-order valence-corrected chi connectivity index (χ2v) is 4.91. The van der Waals surface area contributed by atoms with Gasteiger partial charge in [-0.1, -0.05) is 36.4 Å². The van der Waals surface area contributed by atoms with E-state index in [0.717, 1.165) is 36.5 Å². The number of hydrogen-bond donors (Lipinski definition) is 3. The number of benzene rings is 1. The molecule has 0 fully saturated rings. The number of nitrogens with zero attached hydrogens (tertiary/aromatic N) is 1. The molecule has 1 aromatic carbocycles. The Hall–Kier alpha value is -1.08. The maximum Gasteiger partial charge on any atom is 0.191 e. The van der Waals surface area contributed by atoms with Crippen LogP contribution in [-0.2, 0) is 13.2 Å². The first kappa shape index (κ1) is 18.0. The first-order valence-electron chi connectivity index (χ1n) is 7.21. The van der Waals surface area contributed by atoms with Crippen LogP contribution in [0.4, 0.5) is 0 Å². The molecule has 0 aliphatic heterocycles. The normalized spacial score (nSPS) is 14.9. The minimum atomic E-state index is 0. The molecule has 0 atom stereocenters. The van der Waals surface area contributed by atoms with Crippen LogP contribution in [-0.4, -0.2) is 23.7 Å². The zero-order valence-corrected chi connectivity index (χ0v) is 14.7. The molecule has 0 radical (unpaired) electrons. The van der Waals surface area contributed by atoms with Gasteiger partial charge in [-0.2, -0.15) is 0 Å². The molecule has 1 aliphatic carbocycles. The molecule has 0 unspecified atom stereocenters. The van der Waals surface area contributed by atoms with Crippen molar-refractivity contribution in [2.24, 2.45) is 4.99 Å². The molecule has 3 N–H and O–H groups in total. The zero-order valence-electron chi connectivity index (χ0n) is 12.4. The summed E-state index contributed by atoms with van der Waals surface area (Å²) in [6.45, 7) is 3.54. The highest BCUT2D eigenvalue weighted by molar-refractivity contribution is 14.0. The van der Waals surface area contributed by atoms with Gasteiger partial charge in [0.25, 0.3) is 0 Å². The van der Waals surface area contributed by atoms with Crippen molar-refractivity contribution in [2.75, 3.05) is 6.54 Å².